The highest BCUT2D eigenvalue weighted by Gasteiger charge is 2.17. The van der Waals surface area contributed by atoms with Gasteiger partial charge in [0, 0.05) is 15.5 Å². The van der Waals surface area contributed by atoms with Crippen LogP contribution in [0, 0.1) is 5.82 Å². The first-order valence-corrected chi connectivity index (χ1v) is 9.14. The van der Waals surface area contributed by atoms with Crippen LogP contribution in [0.2, 0.25) is 0 Å². The molecule has 0 bridgehead atoms. The molecule has 0 radical (unpaired) electrons. The molecule has 0 aliphatic carbocycles. The molecule has 0 aliphatic rings. The molecule has 112 valence electrons. The van der Waals surface area contributed by atoms with E-state index in [9.17, 15) is 12.8 Å². The van der Waals surface area contributed by atoms with E-state index in [1.54, 1.807) is 24.3 Å². The Morgan fingerprint density at radius 1 is 1.05 bits per heavy atom. The molecule has 0 aromatic heterocycles. The maximum Gasteiger partial charge on any atom is 0.241 e. The van der Waals surface area contributed by atoms with E-state index in [0.717, 1.165) is 5.56 Å². The standard InChI is InChI=1S/C14H12Br2FNO2S/c15-11-3-6-13(16)14(9-11)21(19,20)18-8-7-10-1-4-12(17)5-2-10/h1-6,9,18H,7-8H2. The van der Waals surface area contributed by atoms with Gasteiger partial charge in [0.2, 0.25) is 10.0 Å². The molecule has 2 rings (SSSR count). The predicted molar refractivity (Wildman–Crippen MR) is 87.1 cm³/mol. The molecule has 0 unspecified atom stereocenters. The van der Waals surface area contributed by atoms with Crippen LogP contribution in [0.25, 0.3) is 0 Å². The lowest BCUT2D eigenvalue weighted by Gasteiger charge is -2.09. The number of rotatable bonds is 5. The SMILES string of the molecule is O=S(=O)(NCCc1ccc(F)cc1)c1cc(Br)ccc1Br. The van der Waals surface area contributed by atoms with Gasteiger partial charge in [-0.25, -0.2) is 17.5 Å². The van der Waals surface area contributed by atoms with Crippen molar-refractivity contribution in [3.63, 3.8) is 0 Å². The van der Waals surface area contributed by atoms with Crippen molar-refractivity contribution in [1.29, 1.82) is 0 Å². The summed E-state index contributed by atoms with van der Waals surface area (Å²) in [5.74, 6) is -0.308. The topological polar surface area (TPSA) is 46.2 Å². The lowest BCUT2D eigenvalue weighted by Crippen LogP contribution is -2.26. The summed E-state index contributed by atoms with van der Waals surface area (Å²) in [5.41, 5.74) is 0.868. The van der Waals surface area contributed by atoms with Gasteiger partial charge in [-0.2, -0.15) is 0 Å². The first-order chi connectivity index (χ1) is 9.88. The highest BCUT2D eigenvalue weighted by atomic mass is 79.9. The molecular formula is C14H12Br2FNO2S. The van der Waals surface area contributed by atoms with Crippen LogP contribution in [0.3, 0.4) is 0 Å². The minimum Gasteiger partial charge on any atom is -0.211 e. The fourth-order valence-corrected chi connectivity index (χ4v) is 4.27. The van der Waals surface area contributed by atoms with Gasteiger partial charge in [0.25, 0.3) is 0 Å². The summed E-state index contributed by atoms with van der Waals surface area (Å²) in [7, 11) is -3.59. The number of halogens is 3. The van der Waals surface area contributed by atoms with Gasteiger partial charge in [0.05, 0.1) is 4.90 Å². The highest BCUT2D eigenvalue weighted by molar-refractivity contribution is 9.11. The molecule has 1 N–H and O–H groups in total. The molecule has 2 aromatic rings. The summed E-state index contributed by atoms with van der Waals surface area (Å²) in [4.78, 5) is 0.177. The van der Waals surface area contributed by atoms with Crippen LogP contribution in [0.15, 0.2) is 56.3 Å². The van der Waals surface area contributed by atoms with E-state index >= 15 is 0 Å². The Bertz CT molecular complexity index is 733. The molecular weight excluding hydrogens is 425 g/mol. The largest absolute Gasteiger partial charge is 0.241 e. The summed E-state index contributed by atoms with van der Waals surface area (Å²) in [6.07, 6.45) is 0.491. The minimum absolute atomic E-state index is 0.177. The van der Waals surface area contributed by atoms with E-state index in [1.165, 1.54) is 18.2 Å². The van der Waals surface area contributed by atoms with Gasteiger partial charge in [0.1, 0.15) is 5.82 Å². The summed E-state index contributed by atoms with van der Waals surface area (Å²) in [5, 5.41) is 0. The van der Waals surface area contributed by atoms with Crippen molar-refractivity contribution in [1.82, 2.24) is 4.72 Å². The highest BCUT2D eigenvalue weighted by Crippen LogP contribution is 2.25. The summed E-state index contributed by atoms with van der Waals surface area (Å²) < 4.78 is 41.0. The number of hydrogen-bond donors (Lipinski definition) is 1. The third-order valence-corrected chi connectivity index (χ3v) is 5.75. The molecule has 0 atom stereocenters. The summed E-state index contributed by atoms with van der Waals surface area (Å²) >= 11 is 6.48. The zero-order valence-corrected chi connectivity index (χ0v) is 14.8. The third kappa shape index (κ3) is 4.60. The van der Waals surface area contributed by atoms with Crippen molar-refractivity contribution in [3.05, 3.63) is 62.8 Å². The van der Waals surface area contributed by atoms with E-state index in [-0.39, 0.29) is 17.3 Å². The van der Waals surface area contributed by atoms with Crippen LogP contribution < -0.4 is 4.72 Å². The smallest absolute Gasteiger partial charge is 0.211 e. The second-order valence-electron chi connectivity index (χ2n) is 4.35. The zero-order valence-electron chi connectivity index (χ0n) is 10.8. The first-order valence-electron chi connectivity index (χ1n) is 6.08. The third-order valence-electron chi connectivity index (χ3n) is 2.80. The average molecular weight is 437 g/mol. The first kappa shape index (κ1) is 16.6. The van der Waals surface area contributed by atoms with Gasteiger partial charge in [-0.15, -0.1) is 0 Å². The quantitative estimate of drug-likeness (QED) is 0.773. The summed E-state index contributed by atoms with van der Waals surface area (Å²) in [6.45, 7) is 0.243. The van der Waals surface area contributed by atoms with Crippen molar-refractivity contribution >= 4 is 41.9 Å². The van der Waals surface area contributed by atoms with Crippen molar-refractivity contribution < 1.29 is 12.8 Å². The Balaban J connectivity index is 2.04. The fraction of sp³-hybridized carbons (Fsp3) is 0.143. The van der Waals surface area contributed by atoms with Crippen molar-refractivity contribution in [2.24, 2.45) is 0 Å². The van der Waals surface area contributed by atoms with Gasteiger partial charge in [-0.3, -0.25) is 0 Å². The molecule has 3 nitrogen and oxygen atoms in total. The molecule has 2 aromatic carbocycles. The van der Waals surface area contributed by atoms with Crippen LogP contribution >= 0.6 is 31.9 Å². The Kier molecular flexibility index (Phi) is 5.54. The maximum atomic E-state index is 12.8. The second-order valence-corrected chi connectivity index (χ2v) is 7.85. The Labute approximate surface area is 139 Å². The molecule has 0 spiro atoms. The van der Waals surface area contributed by atoms with E-state index in [0.29, 0.717) is 15.4 Å². The van der Waals surface area contributed by atoms with Crippen LogP contribution in [0.5, 0.6) is 0 Å². The van der Waals surface area contributed by atoms with E-state index in [2.05, 4.69) is 36.6 Å². The molecule has 21 heavy (non-hydrogen) atoms. The van der Waals surface area contributed by atoms with Crippen molar-refractivity contribution in [3.8, 4) is 0 Å². The molecule has 0 aliphatic heterocycles. The Morgan fingerprint density at radius 2 is 1.71 bits per heavy atom. The van der Waals surface area contributed by atoms with Gasteiger partial charge >= 0.3 is 0 Å². The number of nitrogens with one attached hydrogen (secondary N) is 1. The lowest BCUT2D eigenvalue weighted by atomic mass is 10.1. The minimum atomic E-state index is -3.59. The van der Waals surface area contributed by atoms with Crippen LogP contribution in [-0.4, -0.2) is 15.0 Å². The second kappa shape index (κ2) is 7.00. The van der Waals surface area contributed by atoms with Crippen molar-refractivity contribution in [2.45, 2.75) is 11.3 Å². The van der Waals surface area contributed by atoms with Gasteiger partial charge in [-0.1, -0.05) is 28.1 Å². The normalized spacial score (nSPS) is 11.6. The summed E-state index contributed by atoms with van der Waals surface area (Å²) in [6, 6.07) is 10.9. The number of benzene rings is 2. The lowest BCUT2D eigenvalue weighted by molar-refractivity contribution is 0.581. The van der Waals surface area contributed by atoms with Crippen LogP contribution in [0.4, 0.5) is 4.39 Å². The van der Waals surface area contributed by atoms with Gasteiger partial charge in [-0.05, 0) is 58.2 Å². The molecule has 0 heterocycles. The molecule has 0 saturated heterocycles. The Morgan fingerprint density at radius 3 is 2.38 bits per heavy atom. The van der Waals surface area contributed by atoms with Gasteiger partial charge in [0.15, 0.2) is 0 Å². The maximum absolute atomic E-state index is 12.8. The monoisotopic (exact) mass is 435 g/mol. The average Bonchev–Trinajstić information content (AvgIpc) is 2.43. The van der Waals surface area contributed by atoms with Crippen LogP contribution in [0.1, 0.15) is 5.56 Å². The van der Waals surface area contributed by atoms with E-state index in [1.807, 2.05) is 0 Å². The number of sulfonamides is 1. The fourth-order valence-electron chi connectivity index (χ4n) is 1.74. The van der Waals surface area contributed by atoms with E-state index in [4.69, 9.17) is 0 Å². The molecule has 7 heteroatoms. The molecule has 0 saturated carbocycles. The van der Waals surface area contributed by atoms with Crippen LogP contribution in [-0.2, 0) is 16.4 Å². The van der Waals surface area contributed by atoms with E-state index < -0.39 is 10.0 Å². The predicted octanol–water partition coefficient (Wildman–Crippen LogP) is 3.87. The molecule has 0 amide bonds. The molecule has 0 fully saturated rings. The van der Waals surface area contributed by atoms with Crippen molar-refractivity contribution in [2.75, 3.05) is 6.54 Å². The number of hydrogen-bond acceptors (Lipinski definition) is 2. The van der Waals surface area contributed by atoms with Gasteiger partial charge < -0.3 is 0 Å². The zero-order chi connectivity index (χ0) is 15.5. The Hall–Kier alpha value is -0.760.